The van der Waals surface area contributed by atoms with E-state index in [1.165, 1.54) is 6.42 Å². The van der Waals surface area contributed by atoms with Crippen LogP contribution in [0.5, 0.6) is 0 Å². The Morgan fingerprint density at radius 2 is 1.41 bits per heavy atom. The standard InChI is InChI=1S/C34H60N8O4/c1-33(2,3)45-31(43)41(26-11-8-7-9-12-26)19-10-20-42(32(44)46-34(4,5)6)27-15-13-25(14-16-27)24-37-30-38-28(35)23-29(39-30)40-21-17-36-18-22-40/h23,25-27,36H,7-22,24H2,1-6H3,(H3,35,37,38,39). The number of ether oxygens (including phenoxy) is 2. The van der Waals surface area contributed by atoms with Gasteiger partial charge in [0, 0.05) is 64.0 Å². The lowest BCUT2D eigenvalue weighted by atomic mass is 9.85. The number of nitrogen functional groups attached to an aromatic ring is 1. The first kappa shape index (κ1) is 35.8. The molecule has 0 radical (unpaired) electrons. The van der Waals surface area contributed by atoms with Crippen LogP contribution in [0.4, 0.5) is 27.2 Å². The first-order valence-electron chi connectivity index (χ1n) is 17.6. The lowest BCUT2D eigenvalue weighted by molar-refractivity contribution is 0.00470. The van der Waals surface area contributed by atoms with E-state index in [0.29, 0.717) is 37.2 Å². The zero-order valence-corrected chi connectivity index (χ0v) is 29.3. The fourth-order valence-corrected chi connectivity index (χ4v) is 6.77. The molecule has 0 bridgehead atoms. The first-order chi connectivity index (χ1) is 21.8. The highest BCUT2D eigenvalue weighted by Gasteiger charge is 2.33. The molecule has 1 aromatic heterocycles. The number of hydrogen-bond donors (Lipinski definition) is 3. The van der Waals surface area contributed by atoms with E-state index in [2.05, 4.69) is 20.5 Å². The van der Waals surface area contributed by atoms with Gasteiger partial charge >= 0.3 is 12.2 Å². The molecular formula is C34H60N8O4. The number of nitrogens with two attached hydrogens (primary N) is 1. The van der Waals surface area contributed by atoms with Gasteiger partial charge in [-0.2, -0.15) is 9.97 Å². The van der Waals surface area contributed by atoms with E-state index in [1.54, 1.807) is 0 Å². The molecule has 2 saturated carbocycles. The molecule has 0 unspecified atom stereocenters. The van der Waals surface area contributed by atoms with Crippen molar-refractivity contribution in [2.45, 2.75) is 129 Å². The van der Waals surface area contributed by atoms with Gasteiger partial charge in [-0.1, -0.05) is 19.3 Å². The van der Waals surface area contributed by atoms with Gasteiger partial charge in [0.25, 0.3) is 0 Å². The maximum atomic E-state index is 13.5. The number of piperazine rings is 1. The van der Waals surface area contributed by atoms with Crippen molar-refractivity contribution in [2.24, 2.45) is 5.92 Å². The van der Waals surface area contributed by atoms with Gasteiger partial charge in [0.05, 0.1) is 0 Å². The van der Waals surface area contributed by atoms with E-state index in [9.17, 15) is 9.59 Å². The summed E-state index contributed by atoms with van der Waals surface area (Å²) in [7, 11) is 0. The number of hydrogen-bond acceptors (Lipinski definition) is 10. The number of nitrogens with zero attached hydrogens (tertiary/aromatic N) is 5. The van der Waals surface area contributed by atoms with Gasteiger partial charge in [0.15, 0.2) is 0 Å². The minimum absolute atomic E-state index is 0.0960. The van der Waals surface area contributed by atoms with Crippen molar-refractivity contribution in [3.05, 3.63) is 6.07 Å². The van der Waals surface area contributed by atoms with E-state index in [4.69, 9.17) is 20.2 Å². The molecule has 1 aromatic rings. The fraction of sp³-hybridized carbons (Fsp3) is 0.824. The third-order valence-electron chi connectivity index (χ3n) is 9.05. The predicted octanol–water partition coefficient (Wildman–Crippen LogP) is 5.64. The number of aromatic nitrogens is 2. The van der Waals surface area contributed by atoms with E-state index < -0.39 is 11.2 Å². The fourth-order valence-electron chi connectivity index (χ4n) is 6.77. The highest BCUT2D eigenvalue weighted by Crippen LogP contribution is 2.30. The van der Waals surface area contributed by atoms with Crippen LogP contribution in [0.1, 0.15) is 106 Å². The molecule has 0 aromatic carbocycles. The first-order valence-corrected chi connectivity index (χ1v) is 17.6. The van der Waals surface area contributed by atoms with Gasteiger partial charge in [-0.3, -0.25) is 0 Å². The second-order valence-corrected chi connectivity index (χ2v) is 15.3. The predicted molar refractivity (Wildman–Crippen MR) is 183 cm³/mol. The van der Waals surface area contributed by atoms with Crippen LogP contribution in [0.3, 0.4) is 0 Å². The Labute approximate surface area is 276 Å². The number of anilines is 3. The third kappa shape index (κ3) is 11.3. The van der Waals surface area contributed by atoms with E-state index in [0.717, 1.165) is 89.9 Å². The summed E-state index contributed by atoms with van der Waals surface area (Å²) in [5.41, 5.74) is 5.00. The van der Waals surface area contributed by atoms with Gasteiger partial charge in [-0.15, -0.1) is 0 Å². The van der Waals surface area contributed by atoms with Crippen molar-refractivity contribution < 1.29 is 19.1 Å². The maximum absolute atomic E-state index is 13.5. The Kier molecular flexibility index (Phi) is 12.6. The molecule has 260 valence electrons. The van der Waals surface area contributed by atoms with Gasteiger partial charge in [-0.25, -0.2) is 9.59 Å². The maximum Gasteiger partial charge on any atom is 0.410 e. The molecule has 3 fully saturated rings. The lowest BCUT2D eigenvalue weighted by Gasteiger charge is -2.39. The molecule has 2 aliphatic carbocycles. The number of rotatable bonds is 10. The van der Waals surface area contributed by atoms with Gasteiger partial charge in [0.1, 0.15) is 22.8 Å². The molecule has 4 rings (SSSR count). The van der Waals surface area contributed by atoms with Crippen LogP contribution in [0.15, 0.2) is 6.07 Å². The van der Waals surface area contributed by atoms with Crippen molar-refractivity contribution in [1.82, 2.24) is 25.1 Å². The van der Waals surface area contributed by atoms with E-state index >= 15 is 0 Å². The van der Waals surface area contributed by atoms with Crippen molar-refractivity contribution in [3.8, 4) is 0 Å². The van der Waals surface area contributed by atoms with Gasteiger partial charge in [-0.05, 0) is 92.4 Å². The number of carbonyl (C=O) groups is 2. The molecule has 0 spiro atoms. The third-order valence-corrected chi connectivity index (χ3v) is 9.05. The summed E-state index contributed by atoms with van der Waals surface area (Å²) in [5.74, 6) is 2.34. The molecule has 12 nitrogen and oxygen atoms in total. The Hall–Kier alpha value is -3.02. The highest BCUT2D eigenvalue weighted by atomic mass is 16.6. The lowest BCUT2D eigenvalue weighted by Crippen LogP contribution is -2.48. The van der Waals surface area contributed by atoms with Crippen molar-refractivity contribution in [2.75, 3.05) is 61.8 Å². The summed E-state index contributed by atoms with van der Waals surface area (Å²) in [4.78, 5) is 42.0. The number of carbonyl (C=O) groups excluding carboxylic acids is 2. The molecule has 0 atom stereocenters. The second-order valence-electron chi connectivity index (χ2n) is 15.3. The Bertz CT molecular complexity index is 1120. The van der Waals surface area contributed by atoms with Gasteiger partial charge < -0.3 is 40.5 Å². The van der Waals surface area contributed by atoms with E-state index in [1.807, 2.05) is 57.4 Å². The second kappa shape index (κ2) is 16.2. The van der Waals surface area contributed by atoms with Crippen LogP contribution in [-0.4, -0.2) is 101 Å². The normalized spacial score (nSPS) is 21.4. The molecular weight excluding hydrogens is 584 g/mol. The summed E-state index contributed by atoms with van der Waals surface area (Å²) in [6, 6.07) is 2.13. The molecule has 2 amide bonds. The zero-order valence-electron chi connectivity index (χ0n) is 29.3. The van der Waals surface area contributed by atoms with Crippen molar-refractivity contribution in [1.29, 1.82) is 0 Å². The average Bonchev–Trinajstić information content (AvgIpc) is 2.99. The quantitative estimate of drug-likeness (QED) is 0.294. The zero-order chi connectivity index (χ0) is 33.3. The summed E-state index contributed by atoms with van der Waals surface area (Å²) >= 11 is 0. The monoisotopic (exact) mass is 644 g/mol. The highest BCUT2D eigenvalue weighted by molar-refractivity contribution is 5.69. The van der Waals surface area contributed by atoms with Crippen LogP contribution in [-0.2, 0) is 9.47 Å². The molecule has 4 N–H and O–H groups in total. The SMILES string of the molecule is CC(C)(C)OC(=O)N(CCCN(C(=O)OC(C)(C)C)C1CCC(CNc2nc(N)cc(N3CCNCC3)n2)CC1)C1CCCCC1. The van der Waals surface area contributed by atoms with E-state index in [-0.39, 0.29) is 24.3 Å². The minimum Gasteiger partial charge on any atom is -0.444 e. The molecule has 12 heteroatoms. The molecule has 3 aliphatic rings. The average molecular weight is 645 g/mol. The molecule has 1 aliphatic heterocycles. The summed E-state index contributed by atoms with van der Waals surface area (Å²) < 4.78 is 11.7. The minimum atomic E-state index is -0.581. The van der Waals surface area contributed by atoms with Crippen LogP contribution in [0, 0.1) is 5.92 Å². The molecule has 46 heavy (non-hydrogen) atoms. The van der Waals surface area contributed by atoms with Crippen LogP contribution in [0.2, 0.25) is 0 Å². The molecule has 2 heterocycles. The molecule has 1 saturated heterocycles. The topological polar surface area (TPSA) is 138 Å². The van der Waals surface area contributed by atoms with Crippen LogP contribution < -0.4 is 21.3 Å². The smallest absolute Gasteiger partial charge is 0.410 e. The number of nitrogens with one attached hydrogen (secondary N) is 2. The van der Waals surface area contributed by atoms with Gasteiger partial charge in [0.2, 0.25) is 5.95 Å². The van der Waals surface area contributed by atoms with Crippen molar-refractivity contribution >= 4 is 29.8 Å². The van der Waals surface area contributed by atoms with Crippen LogP contribution >= 0.6 is 0 Å². The Balaban J connectivity index is 1.34. The summed E-state index contributed by atoms with van der Waals surface area (Å²) in [6.45, 7) is 17.0. The van der Waals surface area contributed by atoms with Crippen LogP contribution in [0.25, 0.3) is 0 Å². The summed E-state index contributed by atoms with van der Waals surface area (Å²) in [5, 5.41) is 6.81. The Morgan fingerprint density at radius 3 is 1.96 bits per heavy atom. The van der Waals surface area contributed by atoms with Crippen molar-refractivity contribution in [3.63, 3.8) is 0 Å². The summed E-state index contributed by atoms with van der Waals surface area (Å²) in [6.07, 6.45) is 9.40. The largest absolute Gasteiger partial charge is 0.444 e. The Morgan fingerprint density at radius 1 is 0.870 bits per heavy atom. The number of amides is 2.